The van der Waals surface area contributed by atoms with Gasteiger partial charge in [-0.15, -0.1) is 0 Å². The van der Waals surface area contributed by atoms with E-state index in [2.05, 4.69) is 24.0 Å². The highest BCUT2D eigenvalue weighted by molar-refractivity contribution is 5.41. The van der Waals surface area contributed by atoms with Crippen molar-refractivity contribution < 1.29 is 4.39 Å². The van der Waals surface area contributed by atoms with Crippen molar-refractivity contribution in [2.24, 2.45) is 0 Å². The standard InChI is InChI=1S/C16H19FN2/c1-16(2,12-8-4-5-9-13(12)17)15-11-7-3-6-10-14(11)18-19-15/h4-5,8-9H,3,6-7,10H2,1-2H3,(H,18,19). The third-order valence-electron chi connectivity index (χ3n) is 4.20. The van der Waals surface area contributed by atoms with Crippen LogP contribution in [0.5, 0.6) is 0 Å². The number of hydrogen-bond donors (Lipinski definition) is 1. The number of nitrogens with zero attached hydrogens (tertiary/aromatic N) is 1. The molecule has 0 unspecified atom stereocenters. The average molecular weight is 258 g/mol. The molecule has 0 atom stereocenters. The van der Waals surface area contributed by atoms with Gasteiger partial charge >= 0.3 is 0 Å². The number of halogens is 1. The number of benzene rings is 1. The minimum absolute atomic E-state index is 0.153. The SMILES string of the molecule is CC(C)(c1ccccc1F)c1n[nH]c2c1CCCC2. The molecule has 0 fully saturated rings. The lowest BCUT2D eigenvalue weighted by atomic mass is 9.77. The van der Waals surface area contributed by atoms with Gasteiger partial charge in [0, 0.05) is 11.1 Å². The van der Waals surface area contributed by atoms with E-state index in [0.717, 1.165) is 24.1 Å². The summed E-state index contributed by atoms with van der Waals surface area (Å²) in [6, 6.07) is 7.00. The smallest absolute Gasteiger partial charge is 0.127 e. The summed E-state index contributed by atoms with van der Waals surface area (Å²) in [5, 5.41) is 7.64. The quantitative estimate of drug-likeness (QED) is 0.873. The summed E-state index contributed by atoms with van der Waals surface area (Å²) in [6.45, 7) is 4.10. The van der Waals surface area contributed by atoms with Crippen LogP contribution in [0.3, 0.4) is 0 Å². The first-order chi connectivity index (χ1) is 9.10. The van der Waals surface area contributed by atoms with Crippen LogP contribution < -0.4 is 0 Å². The van der Waals surface area contributed by atoms with Crippen LogP contribution in [0.15, 0.2) is 24.3 Å². The maximum atomic E-state index is 14.1. The fourth-order valence-corrected chi connectivity index (χ4v) is 3.09. The average Bonchev–Trinajstić information content (AvgIpc) is 2.83. The second kappa shape index (κ2) is 4.48. The molecule has 2 aromatic rings. The molecule has 3 heteroatoms. The highest BCUT2D eigenvalue weighted by atomic mass is 19.1. The molecule has 100 valence electrons. The highest BCUT2D eigenvalue weighted by Crippen LogP contribution is 2.36. The Balaban J connectivity index is 2.10. The number of hydrogen-bond acceptors (Lipinski definition) is 1. The number of aromatic nitrogens is 2. The number of H-pyrrole nitrogens is 1. The van der Waals surface area contributed by atoms with E-state index in [4.69, 9.17) is 0 Å². The van der Waals surface area contributed by atoms with Crippen LogP contribution >= 0.6 is 0 Å². The van der Waals surface area contributed by atoms with Crippen molar-refractivity contribution in [3.8, 4) is 0 Å². The van der Waals surface area contributed by atoms with E-state index < -0.39 is 5.41 Å². The summed E-state index contributed by atoms with van der Waals surface area (Å²) in [5.74, 6) is -0.153. The Morgan fingerprint density at radius 1 is 1.16 bits per heavy atom. The predicted octanol–water partition coefficient (Wildman–Crippen LogP) is 3.75. The van der Waals surface area contributed by atoms with Gasteiger partial charge in [0.2, 0.25) is 0 Å². The van der Waals surface area contributed by atoms with Crippen LogP contribution in [0, 0.1) is 5.82 Å². The lowest BCUT2D eigenvalue weighted by molar-refractivity contribution is 0.533. The fourth-order valence-electron chi connectivity index (χ4n) is 3.09. The second-order valence-corrected chi connectivity index (χ2v) is 5.84. The van der Waals surface area contributed by atoms with Crippen molar-refractivity contribution in [1.82, 2.24) is 10.2 Å². The van der Waals surface area contributed by atoms with Gasteiger partial charge in [0.15, 0.2) is 0 Å². The molecule has 19 heavy (non-hydrogen) atoms. The minimum Gasteiger partial charge on any atom is -0.282 e. The summed E-state index contributed by atoms with van der Waals surface area (Å²) >= 11 is 0. The van der Waals surface area contributed by atoms with Crippen LogP contribution in [0.2, 0.25) is 0 Å². The Morgan fingerprint density at radius 2 is 1.89 bits per heavy atom. The maximum absolute atomic E-state index is 14.1. The maximum Gasteiger partial charge on any atom is 0.127 e. The van der Waals surface area contributed by atoms with Crippen LogP contribution in [-0.2, 0) is 18.3 Å². The molecule has 0 amide bonds. The normalized spacial score (nSPS) is 15.3. The van der Waals surface area contributed by atoms with E-state index in [1.165, 1.54) is 30.2 Å². The predicted molar refractivity (Wildman–Crippen MR) is 73.8 cm³/mol. The molecular formula is C16H19FN2. The lowest BCUT2D eigenvalue weighted by Crippen LogP contribution is -2.23. The van der Waals surface area contributed by atoms with Crippen LogP contribution in [0.25, 0.3) is 0 Å². The van der Waals surface area contributed by atoms with E-state index in [1.807, 2.05) is 12.1 Å². The van der Waals surface area contributed by atoms with Gasteiger partial charge in [0.1, 0.15) is 5.82 Å². The Labute approximate surface area is 113 Å². The largest absolute Gasteiger partial charge is 0.282 e. The zero-order chi connectivity index (χ0) is 13.5. The van der Waals surface area contributed by atoms with E-state index >= 15 is 0 Å². The molecular weight excluding hydrogens is 239 g/mol. The van der Waals surface area contributed by atoms with E-state index in [9.17, 15) is 4.39 Å². The topological polar surface area (TPSA) is 28.7 Å². The molecule has 1 aliphatic rings. The molecule has 1 aliphatic carbocycles. The van der Waals surface area contributed by atoms with Gasteiger partial charge in [-0.1, -0.05) is 18.2 Å². The molecule has 1 heterocycles. The zero-order valence-corrected chi connectivity index (χ0v) is 11.5. The molecule has 0 saturated carbocycles. The van der Waals surface area contributed by atoms with Gasteiger partial charge in [-0.05, 0) is 56.7 Å². The van der Waals surface area contributed by atoms with Crippen LogP contribution in [0.4, 0.5) is 4.39 Å². The van der Waals surface area contributed by atoms with Crippen molar-refractivity contribution in [2.75, 3.05) is 0 Å². The molecule has 0 saturated heterocycles. The molecule has 0 aliphatic heterocycles. The molecule has 2 nitrogen and oxygen atoms in total. The molecule has 0 bridgehead atoms. The number of nitrogens with one attached hydrogen (secondary N) is 1. The number of fused-ring (bicyclic) bond motifs is 1. The second-order valence-electron chi connectivity index (χ2n) is 5.84. The Hall–Kier alpha value is -1.64. The Morgan fingerprint density at radius 3 is 2.68 bits per heavy atom. The number of rotatable bonds is 2. The molecule has 0 radical (unpaired) electrons. The summed E-state index contributed by atoms with van der Waals surface area (Å²) in [4.78, 5) is 0. The first-order valence-corrected chi connectivity index (χ1v) is 6.92. The third kappa shape index (κ3) is 1.97. The molecule has 0 spiro atoms. The van der Waals surface area contributed by atoms with Gasteiger partial charge < -0.3 is 0 Å². The van der Waals surface area contributed by atoms with Gasteiger partial charge in [-0.2, -0.15) is 5.10 Å². The molecule has 1 aromatic carbocycles. The minimum atomic E-state index is -0.396. The van der Waals surface area contributed by atoms with Crippen molar-refractivity contribution in [3.05, 3.63) is 52.6 Å². The number of aromatic amines is 1. The highest BCUT2D eigenvalue weighted by Gasteiger charge is 2.32. The van der Waals surface area contributed by atoms with Gasteiger partial charge in [0.25, 0.3) is 0 Å². The summed E-state index contributed by atoms with van der Waals surface area (Å²) < 4.78 is 14.1. The van der Waals surface area contributed by atoms with Crippen molar-refractivity contribution in [3.63, 3.8) is 0 Å². The summed E-state index contributed by atoms with van der Waals surface area (Å²) in [7, 11) is 0. The lowest BCUT2D eigenvalue weighted by Gasteiger charge is -2.26. The monoisotopic (exact) mass is 258 g/mol. The van der Waals surface area contributed by atoms with Crippen LogP contribution in [0.1, 0.15) is 49.2 Å². The molecule has 1 aromatic heterocycles. The Kier molecular flexibility index (Phi) is 2.92. The van der Waals surface area contributed by atoms with Gasteiger partial charge in [-0.25, -0.2) is 4.39 Å². The van der Waals surface area contributed by atoms with E-state index in [-0.39, 0.29) is 5.82 Å². The first kappa shape index (κ1) is 12.4. The van der Waals surface area contributed by atoms with Gasteiger partial charge in [0.05, 0.1) is 5.69 Å². The zero-order valence-electron chi connectivity index (χ0n) is 11.5. The molecule has 1 N–H and O–H groups in total. The van der Waals surface area contributed by atoms with Crippen molar-refractivity contribution in [1.29, 1.82) is 0 Å². The fraction of sp³-hybridized carbons (Fsp3) is 0.438. The van der Waals surface area contributed by atoms with Crippen LogP contribution in [-0.4, -0.2) is 10.2 Å². The summed E-state index contributed by atoms with van der Waals surface area (Å²) in [6.07, 6.45) is 4.54. The number of aryl methyl sites for hydroxylation is 1. The van der Waals surface area contributed by atoms with Gasteiger partial charge in [-0.3, -0.25) is 5.10 Å². The summed E-state index contributed by atoms with van der Waals surface area (Å²) in [5.41, 5.74) is 3.87. The first-order valence-electron chi connectivity index (χ1n) is 6.92. The van der Waals surface area contributed by atoms with E-state index in [0.29, 0.717) is 0 Å². The van der Waals surface area contributed by atoms with Crippen molar-refractivity contribution >= 4 is 0 Å². The third-order valence-corrected chi connectivity index (χ3v) is 4.20. The Bertz CT molecular complexity index is 599. The van der Waals surface area contributed by atoms with E-state index in [1.54, 1.807) is 6.07 Å². The molecule has 3 rings (SSSR count). The van der Waals surface area contributed by atoms with Crippen molar-refractivity contribution in [2.45, 2.75) is 44.9 Å².